The van der Waals surface area contributed by atoms with Gasteiger partial charge in [-0.2, -0.15) is 0 Å². The molecule has 0 spiro atoms. The van der Waals surface area contributed by atoms with Crippen LogP contribution in [0.5, 0.6) is 0 Å². The largest absolute Gasteiger partial charge is 0.456 e. The fourth-order valence-electron chi connectivity index (χ4n) is 15.5. The molecule has 5 nitrogen and oxygen atoms in total. The first-order chi connectivity index (χ1) is 40.3. The molecule has 85 heavy (non-hydrogen) atoms. The Balaban J connectivity index is 1.10. The number of rotatable bonds is 5. The molecule has 0 saturated heterocycles. The fraction of sp³-hybridized carbons (Fsp3) is 0.316. The maximum atomic E-state index is 7.23. The topological polar surface area (TPSA) is 36.0 Å². The number of benzene rings is 9. The van der Waals surface area contributed by atoms with E-state index in [-0.39, 0.29) is 39.3 Å². The van der Waals surface area contributed by atoms with Crippen molar-refractivity contribution in [2.75, 3.05) is 14.6 Å². The molecule has 2 aliphatic carbocycles. The van der Waals surface area contributed by atoms with E-state index in [9.17, 15) is 0 Å². The second-order valence-corrected chi connectivity index (χ2v) is 30.3. The molecule has 15 rings (SSSR count). The van der Waals surface area contributed by atoms with Gasteiger partial charge in [0.05, 0.1) is 11.1 Å². The van der Waals surface area contributed by atoms with E-state index >= 15 is 0 Å². The summed E-state index contributed by atoms with van der Waals surface area (Å²) in [4.78, 5) is 7.87. The molecule has 4 aliphatic rings. The van der Waals surface area contributed by atoms with Gasteiger partial charge in [0.1, 0.15) is 22.3 Å². The molecular weight excluding hydrogens is 1030 g/mol. The SMILES string of the molecule is Cc1cc2c(cc1N1c3cc4oc5ccccc5c4c4c3B(c3ccc5oc6ccccc6c5c31)N(c1ccc3c(c1)C(C)(C)CCC3(C)C)c1cc(N(c3ccc(C(C)(C)C)cc3)c3ccc(C(C)(C)C)cc3)ccc1-4)C(C)(C)CCC2(C)C. The number of para-hydroxylation sites is 2. The lowest BCUT2D eigenvalue weighted by molar-refractivity contribution is 0.332. The predicted molar refractivity (Wildman–Crippen MR) is 362 cm³/mol. The summed E-state index contributed by atoms with van der Waals surface area (Å²) in [7, 11) is 0. The Bertz CT molecular complexity index is 4530. The van der Waals surface area contributed by atoms with Crippen LogP contribution in [0, 0.1) is 6.92 Å². The van der Waals surface area contributed by atoms with Crippen LogP contribution in [0.15, 0.2) is 173 Å². The normalized spacial score (nSPS) is 17.2. The van der Waals surface area contributed by atoms with Crippen LogP contribution in [0.2, 0.25) is 0 Å². The molecular formula is C79H80BN3O2. The van der Waals surface area contributed by atoms with Crippen molar-refractivity contribution >= 4 is 107 Å². The third-order valence-corrected chi connectivity index (χ3v) is 20.8. The highest BCUT2D eigenvalue weighted by Crippen LogP contribution is 2.57. The van der Waals surface area contributed by atoms with E-state index in [1.807, 2.05) is 0 Å². The molecule has 0 N–H and O–H groups in total. The molecule has 4 heterocycles. The van der Waals surface area contributed by atoms with Crippen molar-refractivity contribution in [3.63, 3.8) is 0 Å². The van der Waals surface area contributed by atoms with Crippen LogP contribution in [0.25, 0.3) is 55.0 Å². The monoisotopic (exact) mass is 1110 g/mol. The van der Waals surface area contributed by atoms with Gasteiger partial charge < -0.3 is 23.4 Å². The summed E-state index contributed by atoms with van der Waals surface area (Å²) in [5.41, 5.74) is 27.2. The first-order valence-corrected chi connectivity index (χ1v) is 31.3. The Kier molecular flexibility index (Phi) is 11.4. The number of fused-ring (bicyclic) bond motifs is 14. The average molecular weight is 1110 g/mol. The molecule has 2 aromatic heterocycles. The second-order valence-electron chi connectivity index (χ2n) is 30.3. The van der Waals surface area contributed by atoms with Gasteiger partial charge in [0, 0.05) is 67.6 Å². The lowest BCUT2D eigenvalue weighted by Crippen LogP contribution is -2.61. The number of nitrogens with zero attached hydrogens (tertiary/aromatic N) is 3. The van der Waals surface area contributed by atoms with E-state index in [0.717, 1.165) is 104 Å². The molecule has 0 atom stereocenters. The molecule has 2 aliphatic heterocycles. The van der Waals surface area contributed by atoms with Crippen LogP contribution in [0.4, 0.5) is 45.5 Å². The lowest BCUT2D eigenvalue weighted by Gasteiger charge is -2.48. The summed E-state index contributed by atoms with van der Waals surface area (Å²) >= 11 is 0. The van der Waals surface area contributed by atoms with E-state index in [1.54, 1.807) is 0 Å². The van der Waals surface area contributed by atoms with Gasteiger partial charge in [0.15, 0.2) is 0 Å². The minimum absolute atomic E-state index is 0.00380. The number of aryl methyl sites for hydroxylation is 1. The zero-order chi connectivity index (χ0) is 59.2. The number of hydrogen-bond donors (Lipinski definition) is 0. The summed E-state index contributed by atoms with van der Waals surface area (Å²) in [6.45, 7) is 35.5. The minimum atomic E-state index is -0.285. The van der Waals surface area contributed by atoms with Crippen LogP contribution in [-0.4, -0.2) is 6.85 Å². The smallest absolute Gasteiger partial charge is 0.333 e. The highest BCUT2D eigenvalue weighted by atomic mass is 16.3. The van der Waals surface area contributed by atoms with Crippen LogP contribution in [0.3, 0.4) is 0 Å². The van der Waals surface area contributed by atoms with Crippen molar-refractivity contribution in [3.8, 4) is 11.1 Å². The maximum Gasteiger partial charge on any atom is 0.333 e. The van der Waals surface area contributed by atoms with Gasteiger partial charge in [-0.05, 0) is 193 Å². The van der Waals surface area contributed by atoms with Crippen LogP contribution in [0.1, 0.15) is 162 Å². The molecule has 0 fully saturated rings. The standard InChI is InChI=1S/C79H80BN3O2/c1-47-42-58-60(79(14,15)41-40-77(58,10)11)45-62(47)82-64-46-68-69(55-20-16-18-22-65(55)85-68)71-54-34-32-52(81(50-28-24-48(25-29-50)74(2,3)4)51-30-26-49(27-31-51)75(5,6)7)44-63(54)83(53-33-35-57-59(43-53)78(12,13)39-38-76(57,8)9)80(72(64)71)61-36-37-67-70(73(61)82)56-21-17-19-23-66(56)84-67/h16-37,42-46H,38-41H2,1-15H3. The number of hydrogen-bond acceptors (Lipinski definition) is 5. The van der Waals surface area contributed by atoms with E-state index in [2.05, 4.69) is 282 Å². The van der Waals surface area contributed by atoms with Gasteiger partial charge in [0.25, 0.3) is 0 Å². The quantitative estimate of drug-likeness (QED) is 0.161. The molecule has 426 valence electrons. The summed E-state index contributed by atoms with van der Waals surface area (Å²) in [6.07, 6.45) is 4.54. The number of anilines is 8. The van der Waals surface area contributed by atoms with Gasteiger partial charge in [-0.25, -0.2) is 0 Å². The van der Waals surface area contributed by atoms with Gasteiger partial charge >= 0.3 is 6.85 Å². The molecule has 0 amide bonds. The Hall–Kier alpha value is -7.96. The Morgan fingerprint density at radius 3 is 1.55 bits per heavy atom. The molecule has 0 radical (unpaired) electrons. The highest BCUT2D eigenvalue weighted by molar-refractivity contribution is 6.94. The fourth-order valence-corrected chi connectivity index (χ4v) is 15.5. The van der Waals surface area contributed by atoms with E-state index in [1.165, 1.54) is 72.4 Å². The Morgan fingerprint density at radius 2 is 0.965 bits per heavy atom. The maximum absolute atomic E-state index is 7.23. The van der Waals surface area contributed by atoms with E-state index in [4.69, 9.17) is 8.83 Å². The van der Waals surface area contributed by atoms with Crippen molar-refractivity contribution in [2.24, 2.45) is 0 Å². The molecule has 9 aromatic carbocycles. The molecule has 0 unspecified atom stereocenters. The third kappa shape index (κ3) is 8.09. The van der Waals surface area contributed by atoms with Crippen LogP contribution in [-0.2, 0) is 32.5 Å². The average Bonchev–Trinajstić information content (AvgIpc) is 1.67. The second kappa shape index (κ2) is 18.0. The summed E-state index contributed by atoms with van der Waals surface area (Å²) < 4.78 is 14.2. The molecule has 0 saturated carbocycles. The lowest BCUT2D eigenvalue weighted by atomic mass is 9.43. The zero-order valence-corrected chi connectivity index (χ0v) is 52.7. The Morgan fingerprint density at radius 1 is 0.447 bits per heavy atom. The first-order valence-electron chi connectivity index (χ1n) is 31.3. The molecule has 11 aromatic rings. The van der Waals surface area contributed by atoms with Crippen LogP contribution < -0.4 is 25.5 Å². The summed E-state index contributed by atoms with van der Waals surface area (Å²) in [5.74, 6) is 0. The predicted octanol–water partition coefficient (Wildman–Crippen LogP) is 21.3. The summed E-state index contributed by atoms with van der Waals surface area (Å²) in [5, 5.41) is 4.51. The van der Waals surface area contributed by atoms with Gasteiger partial charge in [-0.1, -0.05) is 182 Å². The van der Waals surface area contributed by atoms with Crippen molar-refractivity contribution < 1.29 is 8.83 Å². The highest BCUT2D eigenvalue weighted by Gasteiger charge is 2.49. The Labute approximate surface area is 503 Å². The van der Waals surface area contributed by atoms with Gasteiger partial charge in [-0.15, -0.1) is 0 Å². The minimum Gasteiger partial charge on any atom is -0.456 e. The van der Waals surface area contributed by atoms with Crippen molar-refractivity contribution in [3.05, 3.63) is 203 Å². The van der Waals surface area contributed by atoms with Crippen molar-refractivity contribution in [1.29, 1.82) is 0 Å². The molecule has 6 heteroatoms. The van der Waals surface area contributed by atoms with Crippen molar-refractivity contribution in [1.82, 2.24) is 0 Å². The van der Waals surface area contributed by atoms with Gasteiger partial charge in [-0.3, -0.25) is 0 Å². The first kappa shape index (κ1) is 53.7. The summed E-state index contributed by atoms with van der Waals surface area (Å²) in [6, 6.07) is 63.0. The zero-order valence-electron chi connectivity index (χ0n) is 52.7. The van der Waals surface area contributed by atoms with E-state index < -0.39 is 0 Å². The molecule has 0 bridgehead atoms. The number of furan rings is 2. The van der Waals surface area contributed by atoms with Crippen LogP contribution >= 0.6 is 0 Å². The van der Waals surface area contributed by atoms with Gasteiger partial charge in [0.2, 0.25) is 0 Å². The third-order valence-electron chi connectivity index (χ3n) is 20.8. The van der Waals surface area contributed by atoms with E-state index in [0.29, 0.717) is 0 Å². The van der Waals surface area contributed by atoms with Crippen molar-refractivity contribution in [2.45, 2.75) is 162 Å².